The molecule has 1 aliphatic carbocycles. The predicted molar refractivity (Wildman–Crippen MR) is 126 cm³/mol. The Kier molecular flexibility index (Phi) is 4.66. The first-order valence-electron chi connectivity index (χ1n) is 8.19. The molecule has 0 radical (unpaired) electrons. The minimum Gasteiger partial charge on any atom is -0.143 e. The van der Waals surface area contributed by atoms with E-state index in [4.69, 9.17) is 0 Å². The molecule has 26 heavy (non-hydrogen) atoms. The fourth-order valence-electron chi connectivity index (χ4n) is 3.43. The molecule has 5 rings (SSSR count). The van der Waals surface area contributed by atoms with Gasteiger partial charge in [-0.05, 0) is 76.2 Å². The van der Waals surface area contributed by atoms with Crippen LogP contribution in [0.3, 0.4) is 0 Å². The second-order valence-electron chi connectivity index (χ2n) is 6.17. The number of allylic oxidation sites excluding steroid dienone is 1. The summed E-state index contributed by atoms with van der Waals surface area (Å²) in [7, 11) is 0. The van der Waals surface area contributed by atoms with Crippen LogP contribution < -0.4 is 9.75 Å². The van der Waals surface area contributed by atoms with E-state index < -0.39 is 0 Å². The number of hydrogen-bond acceptors (Lipinski definition) is 4. The van der Waals surface area contributed by atoms with E-state index in [1.165, 1.54) is 33.5 Å². The van der Waals surface area contributed by atoms with Crippen molar-refractivity contribution >= 4 is 79.5 Å². The average Bonchev–Trinajstić information content (AvgIpc) is 3.38. The summed E-state index contributed by atoms with van der Waals surface area (Å²) in [5.74, 6) is 7.40. The Morgan fingerprint density at radius 2 is 1.96 bits per heavy atom. The normalized spacial score (nSPS) is 20.7. The van der Waals surface area contributed by atoms with Crippen molar-refractivity contribution in [2.75, 3.05) is 0 Å². The van der Waals surface area contributed by atoms with Crippen molar-refractivity contribution in [3.05, 3.63) is 74.5 Å². The molecule has 1 aliphatic heterocycles. The van der Waals surface area contributed by atoms with Crippen LogP contribution in [0.15, 0.2) is 47.2 Å². The van der Waals surface area contributed by atoms with Gasteiger partial charge in [0.15, 0.2) is 0 Å². The molecule has 5 heteroatoms. The SMILES string of the molecule is Cc1ccc(C2=c3sccc3=C(C#Cc3ccc(I)s3)C3SC=CC23)s1. The molecule has 3 aromatic heterocycles. The quantitative estimate of drug-likeness (QED) is 0.304. The van der Waals surface area contributed by atoms with Gasteiger partial charge >= 0.3 is 0 Å². The molecule has 128 valence electrons. The molecular formula is C21H13IS4. The van der Waals surface area contributed by atoms with Gasteiger partial charge in [0.2, 0.25) is 0 Å². The van der Waals surface area contributed by atoms with E-state index in [2.05, 4.69) is 88.6 Å². The van der Waals surface area contributed by atoms with E-state index in [1.807, 2.05) is 34.4 Å². The summed E-state index contributed by atoms with van der Waals surface area (Å²) in [6, 6.07) is 11.0. The summed E-state index contributed by atoms with van der Waals surface area (Å²) in [6.07, 6.45) is 2.37. The summed E-state index contributed by atoms with van der Waals surface area (Å²) in [5.41, 5.74) is 2.79. The number of hydrogen-bond donors (Lipinski definition) is 0. The molecule has 0 nitrogen and oxygen atoms in total. The Labute approximate surface area is 182 Å². The second kappa shape index (κ2) is 6.99. The molecule has 0 saturated carbocycles. The zero-order valence-corrected chi connectivity index (χ0v) is 19.2. The molecule has 0 aromatic carbocycles. The highest BCUT2D eigenvalue weighted by Gasteiger charge is 2.35. The summed E-state index contributed by atoms with van der Waals surface area (Å²) < 4.78 is 2.69. The molecule has 3 aromatic rings. The maximum Gasteiger partial charge on any atom is 0.0783 e. The molecule has 2 aliphatic rings. The smallest absolute Gasteiger partial charge is 0.0783 e. The van der Waals surface area contributed by atoms with Crippen LogP contribution in [0.1, 0.15) is 14.6 Å². The summed E-state index contributed by atoms with van der Waals surface area (Å²) in [5, 5.41) is 6.23. The van der Waals surface area contributed by atoms with Crippen LogP contribution in [0.4, 0.5) is 0 Å². The van der Waals surface area contributed by atoms with Crippen molar-refractivity contribution in [2.24, 2.45) is 5.92 Å². The number of aryl methyl sites for hydroxylation is 1. The fourth-order valence-corrected chi connectivity index (χ4v) is 8.11. The molecular weight excluding hydrogens is 507 g/mol. The van der Waals surface area contributed by atoms with Gasteiger partial charge in [-0.2, -0.15) is 0 Å². The van der Waals surface area contributed by atoms with Gasteiger partial charge in [-0.25, -0.2) is 0 Å². The number of thiophene rings is 3. The van der Waals surface area contributed by atoms with Crippen molar-refractivity contribution in [3.8, 4) is 11.8 Å². The van der Waals surface area contributed by atoms with E-state index in [1.54, 1.807) is 11.3 Å². The standard InChI is InChI=1S/C21H13IS4/c1-12-2-6-17(25-12)19-16-9-11-23-20(16)14(15-8-10-24-21(15)19)5-3-13-4-7-18(22)26-13/h2,4,6-11,16,20H,1H3. The number of thioether (sulfide) groups is 1. The van der Waals surface area contributed by atoms with Crippen molar-refractivity contribution in [1.82, 2.24) is 0 Å². The predicted octanol–water partition coefficient (Wildman–Crippen LogP) is 5.44. The monoisotopic (exact) mass is 520 g/mol. The summed E-state index contributed by atoms with van der Waals surface area (Å²) in [4.78, 5) is 3.93. The Hall–Kier alpha value is -0.780. The summed E-state index contributed by atoms with van der Waals surface area (Å²) >= 11 is 9.80. The number of halogens is 1. The van der Waals surface area contributed by atoms with Crippen LogP contribution in [0.25, 0.3) is 11.1 Å². The lowest BCUT2D eigenvalue weighted by Gasteiger charge is -2.24. The van der Waals surface area contributed by atoms with E-state index in [0.717, 1.165) is 4.88 Å². The Bertz CT molecular complexity index is 1210. The molecule has 4 heterocycles. The van der Waals surface area contributed by atoms with Gasteiger partial charge in [0.05, 0.1) is 13.0 Å². The first kappa shape index (κ1) is 17.3. The lowest BCUT2D eigenvalue weighted by Crippen LogP contribution is -2.36. The van der Waals surface area contributed by atoms with Crippen LogP contribution in [-0.2, 0) is 0 Å². The molecule has 0 saturated heterocycles. The average molecular weight is 521 g/mol. The number of fused-ring (bicyclic) bond motifs is 2. The molecule has 0 amide bonds. The Morgan fingerprint density at radius 1 is 1.04 bits per heavy atom. The first-order chi connectivity index (χ1) is 12.7. The molecule has 2 atom stereocenters. The minimum atomic E-state index is 0.404. The number of rotatable bonds is 1. The topological polar surface area (TPSA) is 0 Å². The maximum absolute atomic E-state index is 3.55. The zero-order chi connectivity index (χ0) is 17.7. The highest BCUT2D eigenvalue weighted by molar-refractivity contribution is 14.1. The maximum atomic E-state index is 3.55. The van der Waals surface area contributed by atoms with Gasteiger partial charge in [-0.3, -0.25) is 0 Å². The third kappa shape index (κ3) is 2.96. The van der Waals surface area contributed by atoms with Crippen molar-refractivity contribution in [2.45, 2.75) is 12.2 Å². The lowest BCUT2D eigenvalue weighted by atomic mass is 9.86. The van der Waals surface area contributed by atoms with E-state index in [-0.39, 0.29) is 0 Å². The largest absolute Gasteiger partial charge is 0.143 e. The van der Waals surface area contributed by atoms with Gasteiger partial charge in [-0.15, -0.1) is 45.8 Å². The van der Waals surface area contributed by atoms with Gasteiger partial charge in [-0.1, -0.05) is 17.9 Å². The molecule has 0 spiro atoms. The Morgan fingerprint density at radius 3 is 2.73 bits per heavy atom. The van der Waals surface area contributed by atoms with Crippen LogP contribution in [-0.4, -0.2) is 5.25 Å². The highest BCUT2D eigenvalue weighted by atomic mass is 127. The van der Waals surface area contributed by atoms with Crippen molar-refractivity contribution in [3.63, 3.8) is 0 Å². The fraction of sp³-hybridized carbons (Fsp3) is 0.143. The van der Waals surface area contributed by atoms with E-state index in [0.29, 0.717) is 11.2 Å². The van der Waals surface area contributed by atoms with Crippen LogP contribution in [0.5, 0.6) is 0 Å². The van der Waals surface area contributed by atoms with Crippen molar-refractivity contribution < 1.29 is 0 Å². The molecule has 2 unspecified atom stereocenters. The van der Waals surface area contributed by atoms with Crippen LogP contribution in [0.2, 0.25) is 0 Å². The van der Waals surface area contributed by atoms with Gasteiger partial charge in [0.1, 0.15) is 0 Å². The van der Waals surface area contributed by atoms with E-state index >= 15 is 0 Å². The zero-order valence-electron chi connectivity index (χ0n) is 13.8. The third-order valence-corrected chi connectivity index (χ3v) is 9.48. The molecule has 0 bridgehead atoms. The Balaban J connectivity index is 1.76. The van der Waals surface area contributed by atoms with Gasteiger partial charge < -0.3 is 0 Å². The molecule has 0 N–H and O–H groups in total. The first-order valence-corrected chi connectivity index (χ1v) is 12.7. The third-order valence-electron chi connectivity index (χ3n) is 4.55. The second-order valence-corrected chi connectivity index (χ2v) is 12.4. The lowest BCUT2D eigenvalue weighted by molar-refractivity contribution is 0.892. The van der Waals surface area contributed by atoms with Crippen LogP contribution >= 0.6 is 68.4 Å². The van der Waals surface area contributed by atoms with Gasteiger partial charge in [0.25, 0.3) is 0 Å². The van der Waals surface area contributed by atoms with E-state index in [9.17, 15) is 0 Å². The van der Waals surface area contributed by atoms with Gasteiger partial charge in [0, 0.05) is 31.0 Å². The van der Waals surface area contributed by atoms with Crippen molar-refractivity contribution in [1.29, 1.82) is 0 Å². The summed E-state index contributed by atoms with van der Waals surface area (Å²) in [6.45, 7) is 2.19. The minimum absolute atomic E-state index is 0.404. The highest BCUT2D eigenvalue weighted by Crippen LogP contribution is 2.44. The van der Waals surface area contributed by atoms with Crippen LogP contribution in [0, 0.1) is 27.6 Å². The molecule has 0 fully saturated rings.